The third kappa shape index (κ3) is 17.9. The quantitative estimate of drug-likeness (QED) is 0.619. The van der Waals surface area contributed by atoms with E-state index in [0.717, 1.165) is 18.9 Å². The minimum atomic E-state index is 0. The number of hydrogen-bond acceptors (Lipinski definition) is 1. The molecule has 0 aromatic rings. The SMILES string of the molecule is C.CCC(C)CC.CCOC(C)CC. The van der Waals surface area contributed by atoms with E-state index in [-0.39, 0.29) is 7.43 Å². The fourth-order valence-corrected chi connectivity index (χ4v) is 0.691. The first-order chi connectivity index (χ1) is 6.12. The lowest BCUT2D eigenvalue weighted by molar-refractivity contribution is 0.0739. The topological polar surface area (TPSA) is 9.23 Å². The lowest BCUT2D eigenvalue weighted by atomic mass is 10.1. The van der Waals surface area contributed by atoms with Gasteiger partial charge in [-0.2, -0.15) is 0 Å². The molecular weight excluding hydrogens is 172 g/mol. The maximum atomic E-state index is 5.19. The van der Waals surface area contributed by atoms with Gasteiger partial charge < -0.3 is 4.74 Å². The van der Waals surface area contributed by atoms with Crippen molar-refractivity contribution in [1.29, 1.82) is 0 Å². The summed E-state index contributed by atoms with van der Waals surface area (Å²) in [6.07, 6.45) is 4.23. The maximum Gasteiger partial charge on any atom is 0.0544 e. The van der Waals surface area contributed by atoms with Gasteiger partial charge in [0.25, 0.3) is 0 Å². The molecule has 0 N–H and O–H groups in total. The van der Waals surface area contributed by atoms with Crippen LogP contribution in [0.5, 0.6) is 0 Å². The highest BCUT2D eigenvalue weighted by Crippen LogP contribution is 2.02. The molecule has 1 atom stereocenters. The molecule has 0 saturated carbocycles. The highest BCUT2D eigenvalue weighted by molar-refractivity contribution is 4.41. The summed E-state index contributed by atoms with van der Waals surface area (Å²) in [7, 11) is 0. The van der Waals surface area contributed by atoms with Crippen LogP contribution >= 0.6 is 0 Å². The molecule has 0 fully saturated rings. The van der Waals surface area contributed by atoms with Crippen molar-refractivity contribution in [3.63, 3.8) is 0 Å². The molecule has 14 heavy (non-hydrogen) atoms. The van der Waals surface area contributed by atoms with Crippen LogP contribution in [0.15, 0.2) is 0 Å². The van der Waals surface area contributed by atoms with Crippen molar-refractivity contribution < 1.29 is 4.74 Å². The van der Waals surface area contributed by atoms with Crippen LogP contribution < -0.4 is 0 Å². The maximum absolute atomic E-state index is 5.19. The van der Waals surface area contributed by atoms with Crippen LogP contribution in [-0.2, 0) is 4.74 Å². The fraction of sp³-hybridized carbons (Fsp3) is 1.00. The van der Waals surface area contributed by atoms with Crippen LogP contribution in [0.25, 0.3) is 0 Å². The lowest BCUT2D eigenvalue weighted by Crippen LogP contribution is -2.04. The highest BCUT2D eigenvalue weighted by atomic mass is 16.5. The normalized spacial score (nSPS) is 11.4. The molecule has 0 aliphatic carbocycles. The zero-order valence-electron chi connectivity index (χ0n) is 10.4. The summed E-state index contributed by atoms with van der Waals surface area (Å²) >= 11 is 0. The van der Waals surface area contributed by atoms with Crippen molar-refractivity contribution >= 4 is 0 Å². The van der Waals surface area contributed by atoms with Gasteiger partial charge >= 0.3 is 0 Å². The van der Waals surface area contributed by atoms with E-state index in [1.165, 1.54) is 12.8 Å². The molecule has 1 nitrogen and oxygen atoms in total. The minimum absolute atomic E-state index is 0. The molecule has 0 rings (SSSR count). The average Bonchev–Trinajstić information content (AvgIpc) is 2.18. The van der Waals surface area contributed by atoms with E-state index in [1.807, 2.05) is 6.92 Å². The number of rotatable bonds is 5. The van der Waals surface area contributed by atoms with E-state index in [9.17, 15) is 0 Å². The van der Waals surface area contributed by atoms with Crippen molar-refractivity contribution in [3.05, 3.63) is 0 Å². The standard InChI is InChI=1S/C6H14O.C6H14.CH4/c1-4-6(3)7-5-2;1-4-6(3)5-2;/h6H,4-5H2,1-3H3;6H,4-5H2,1-3H3;1H4. The number of ether oxygens (including phenoxy) is 1. The Morgan fingerprint density at radius 3 is 1.36 bits per heavy atom. The Morgan fingerprint density at radius 1 is 0.857 bits per heavy atom. The van der Waals surface area contributed by atoms with Crippen LogP contribution in [-0.4, -0.2) is 12.7 Å². The highest BCUT2D eigenvalue weighted by Gasteiger charge is 1.91. The smallest absolute Gasteiger partial charge is 0.0544 e. The summed E-state index contributed by atoms with van der Waals surface area (Å²) < 4.78 is 5.19. The first kappa shape index (κ1) is 19.5. The molecular formula is C13H32O. The third-order valence-electron chi connectivity index (χ3n) is 2.42. The van der Waals surface area contributed by atoms with Crippen molar-refractivity contribution in [1.82, 2.24) is 0 Å². The third-order valence-corrected chi connectivity index (χ3v) is 2.42. The summed E-state index contributed by atoms with van der Waals surface area (Å²) in [6, 6.07) is 0. The van der Waals surface area contributed by atoms with Gasteiger partial charge in [-0.15, -0.1) is 0 Å². The Hall–Kier alpha value is -0.0400. The minimum Gasteiger partial charge on any atom is -0.379 e. The molecule has 0 saturated heterocycles. The van der Waals surface area contributed by atoms with Crippen LogP contribution in [0.4, 0.5) is 0 Å². The van der Waals surface area contributed by atoms with Gasteiger partial charge in [-0.25, -0.2) is 0 Å². The van der Waals surface area contributed by atoms with Crippen molar-refractivity contribution in [2.45, 2.75) is 74.3 Å². The van der Waals surface area contributed by atoms with E-state index in [0.29, 0.717) is 6.10 Å². The molecule has 0 bridgehead atoms. The van der Waals surface area contributed by atoms with Gasteiger partial charge in [0.15, 0.2) is 0 Å². The van der Waals surface area contributed by atoms with E-state index in [4.69, 9.17) is 4.74 Å². The molecule has 0 heterocycles. The first-order valence-electron chi connectivity index (χ1n) is 5.73. The lowest BCUT2D eigenvalue weighted by Gasteiger charge is -2.05. The van der Waals surface area contributed by atoms with Crippen LogP contribution in [0.1, 0.15) is 68.2 Å². The van der Waals surface area contributed by atoms with Crippen molar-refractivity contribution in [3.8, 4) is 0 Å². The summed E-state index contributed by atoms with van der Waals surface area (Å²) in [5, 5.41) is 0. The molecule has 1 heteroatoms. The summed E-state index contributed by atoms with van der Waals surface area (Å²) in [5.41, 5.74) is 0. The first-order valence-corrected chi connectivity index (χ1v) is 5.73. The molecule has 0 amide bonds. The second-order valence-corrected chi connectivity index (χ2v) is 3.60. The van der Waals surface area contributed by atoms with Crippen LogP contribution in [0.2, 0.25) is 0 Å². The monoisotopic (exact) mass is 204 g/mol. The van der Waals surface area contributed by atoms with Gasteiger partial charge in [-0.3, -0.25) is 0 Å². The zero-order chi connectivity index (χ0) is 10.7. The molecule has 0 radical (unpaired) electrons. The average molecular weight is 204 g/mol. The predicted octanol–water partition coefficient (Wildman–Crippen LogP) is 4.90. The Kier molecular flexibility index (Phi) is 21.5. The van der Waals surface area contributed by atoms with Gasteiger partial charge in [-0.05, 0) is 26.2 Å². The van der Waals surface area contributed by atoms with E-state index in [1.54, 1.807) is 0 Å². The Morgan fingerprint density at radius 2 is 1.29 bits per heavy atom. The van der Waals surface area contributed by atoms with Crippen molar-refractivity contribution in [2.24, 2.45) is 5.92 Å². The molecule has 0 aromatic heterocycles. The van der Waals surface area contributed by atoms with E-state index in [2.05, 4.69) is 34.6 Å². The van der Waals surface area contributed by atoms with Gasteiger partial charge in [-0.1, -0.05) is 48.0 Å². The van der Waals surface area contributed by atoms with Crippen molar-refractivity contribution in [2.75, 3.05) is 6.61 Å². The van der Waals surface area contributed by atoms with E-state index >= 15 is 0 Å². The Labute approximate surface area is 92.2 Å². The molecule has 0 aliphatic heterocycles. The summed E-state index contributed by atoms with van der Waals surface area (Å²) in [6.45, 7) is 13.8. The van der Waals surface area contributed by atoms with Gasteiger partial charge in [0, 0.05) is 6.61 Å². The van der Waals surface area contributed by atoms with Crippen LogP contribution in [0, 0.1) is 5.92 Å². The zero-order valence-corrected chi connectivity index (χ0v) is 10.4. The van der Waals surface area contributed by atoms with Gasteiger partial charge in [0.05, 0.1) is 6.10 Å². The Balaban J connectivity index is -0.000000163. The summed E-state index contributed by atoms with van der Waals surface area (Å²) in [5.74, 6) is 0.935. The number of hydrogen-bond donors (Lipinski definition) is 0. The van der Waals surface area contributed by atoms with Gasteiger partial charge in [0.1, 0.15) is 0 Å². The van der Waals surface area contributed by atoms with Crippen LogP contribution in [0.3, 0.4) is 0 Å². The molecule has 0 spiro atoms. The molecule has 1 unspecified atom stereocenters. The largest absolute Gasteiger partial charge is 0.379 e. The molecule has 0 aliphatic rings. The molecule has 0 aromatic carbocycles. The molecule has 90 valence electrons. The predicted molar refractivity (Wildman–Crippen MR) is 67.9 cm³/mol. The second-order valence-electron chi connectivity index (χ2n) is 3.60. The van der Waals surface area contributed by atoms with Gasteiger partial charge in [0.2, 0.25) is 0 Å². The second kappa shape index (κ2) is 15.4. The fourth-order valence-electron chi connectivity index (χ4n) is 0.691. The summed E-state index contributed by atoms with van der Waals surface area (Å²) in [4.78, 5) is 0. The van der Waals surface area contributed by atoms with E-state index < -0.39 is 0 Å². The Bertz CT molecular complexity index is 77.3.